The Balaban J connectivity index is 2.06. The Morgan fingerprint density at radius 2 is 2.31 bits per heavy atom. The number of rotatable bonds is 4. The van der Waals surface area contributed by atoms with Crippen molar-refractivity contribution in [1.82, 2.24) is 5.32 Å². The second-order valence-electron chi connectivity index (χ2n) is 4.12. The molecule has 1 aromatic carbocycles. The average Bonchev–Trinajstić information content (AvgIpc) is 3.08. The number of nitrogens with one attached hydrogen (secondary N) is 1. The molecule has 1 aliphatic rings. The molecule has 84 valence electrons. The molecule has 0 aliphatic heterocycles. The van der Waals surface area contributed by atoms with Crippen LogP contribution in [0, 0.1) is 23.1 Å². The van der Waals surface area contributed by atoms with Crippen LogP contribution in [0.15, 0.2) is 18.2 Å². The summed E-state index contributed by atoms with van der Waals surface area (Å²) in [5.74, 6) is -0.411. The van der Waals surface area contributed by atoms with E-state index in [1.165, 1.54) is 25.0 Å². The Bertz CT molecular complexity index is 424. The Morgan fingerprint density at radius 3 is 2.88 bits per heavy atom. The lowest BCUT2D eigenvalue weighted by molar-refractivity contribution is 0.431. The first-order chi connectivity index (χ1) is 7.70. The largest absolute Gasteiger partial charge is 0.505 e. The van der Waals surface area contributed by atoms with E-state index in [9.17, 15) is 4.39 Å². The number of nitriles is 1. The molecule has 1 fully saturated rings. The Labute approximate surface area is 93.5 Å². The van der Waals surface area contributed by atoms with Crippen LogP contribution in [0.3, 0.4) is 0 Å². The molecule has 0 heterocycles. The van der Waals surface area contributed by atoms with Crippen LogP contribution in [-0.4, -0.2) is 11.7 Å². The topological polar surface area (TPSA) is 56.0 Å². The van der Waals surface area contributed by atoms with Gasteiger partial charge >= 0.3 is 0 Å². The summed E-state index contributed by atoms with van der Waals surface area (Å²) in [4.78, 5) is 0. The van der Waals surface area contributed by atoms with Crippen molar-refractivity contribution >= 4 is 0 Å². The van der Waals surface area contributed by atoms with Crippen LogP contribution in [0.4, 0.5) is 4.39 Å². The van der Waals surface area contributed by atoms with Crippen molar-refractivity contribution in [2.75, 3.05) is 6.54 Å². The maximum absolute atomic E-state index is 13.1. The minimum atomic E-state index is -0.689. The summed E-state index contributed by atoms with van der Waals surface area (Å²) < 4.78 is 13.1. The van der Waals surface area contributed by atoms with Gasteiger partial charge in [0, 0.05) is 0 Å². The minimum absolute atomic E-state index is 0.386. The number of hydrogen-bond acceptors (Lipinski definition) is 3. The Kier molecular flexibility index (Phi) is 3.07. The zero-order valence-corrected chi connectivity index (χ0v) is 8.78. The molecule has 0 saturated heterocycles. The maximum atomic E-state index is 13.1. The molecule has 2 N–H and O–H groups in total. The van der Waals surface area contributed by atoms with Gasteiger partial charge in [-0.2, -0.15) is 5.26 Å². The molecule has 1 unspecified atom stereocenters. The molecule has 0 bridgehead atoms. The minimum Gasteiger partial charge on any atom is -0.505 e. The third-order valence-electron chi connectivity index (χ3n) is 2.74. The van der Waals surface area contributed by atoms with E-state index >= 15 is 0 Å². The van der Waals surface area contributed by atoms with Crippen LogP contribution in [-0.2, 0) is 0 Å². The van der Waals surface area contributed by atoms with E-state index in [0.717, 1.165) is 6.54 Å². The second-order valence-corrected chi connectivity index (χ2v) is 4.12. The van der Waals surface area contributed by atoms with Gasteiger partial charge in [-0.1, -0.05) is 6.07 Å². The standard InChI is InChI=1S/C12H13FN2O/c13-10-5-9(3-4-12(10)16)11(6-14)15-7-8-1-2-8/h3-5,8,11,15-16H,1-2,7H2. The first-order valence-corrected chi connectivity index (χ1v) is 5.32. The molecule has 16 heavy (non-hydrogen) atoms. The van der Waals surface area contributed by atoms with Gasteiger partial charge in [-0.25, -0.2) is 4.39 Å². The Hall–Kier alpha value is -1.60. The third-order valence-corrected chi connectivity index (χ3v) is 2.74. The highest BCUT2D eigenvalue weighted by atomic mass is 19.1. The van der Waals surface area contributed by atoms with Gasteiger partial charge < -0.3 is 5.11 Å². The van der Waals surface area contributed by atoms with Gasteiger partial charge in [0.1, 0.15) is 6.04 Å². The molecule has 1 saturated carbocycles. The summed E-state index contributed by atoms with van der Waals surface area (Å²) in [6, 6.07) is 5.62. The van der Waals surface area contributed by atoms with Crippen molar-refractivity contribution < 1.29 is 9.50 Å². The summed E-state index contributed by atoms with van der Waals surface area (Å²) in [6.45, 7) is 0.792. The van der Waals surface area contributed by atoms with Crippen molar-refractivity contribution in [2.24, 2.45) is 5.92 Å². The molecular formula is C12H13FN2O. The summed E-state index contributed by atoms with van der Waals surface area (Å²) in [7, 11) is 0. The lowest BCUT2D eigenvalue weighted by Crippen LogP contribution is -2.22. The predicted molar refractivity (Wildman–Crippen MR) is 57.1 cm³/mol. The first kappa shape index (κ1) is 10.9. The summed E-state index contributed by atoms with van der Waals surface area (Å²) in [5.41, 5.74) is 0.554. The van der Waals surface area contributed by atoms with Crippen LogP contribution < -0.4 is 5.32 Å². The zero-order valence-electron chi connectivity index (χ0n) is 8.78. The SMILES string of the molecule is N#CC(NCC1CC1)c1ccc(O)c(F)c1. The third kappa shape index (κ3) is 2.50. The predicted octanol–water partition coefficient (Wildman–Crippen LogP) is 2.10. The number of aromatic hydroxyl groups is 1. The zero-order chi connectivity index (χ0) is 11.5. The maximum Gasteiger partial charge on any atom is 0.165 e. The van der Waals surface area contributed by atoms with Crippen LogP contribution in [0.2, 0.25) is 0 Å². The van der Waals surface area contributed by atoms with E-state index in [0.29, 0.717) is 11.5 Å². The quantitative estimate of drug-likeness (QED) is 0.817. The lowest BCUT2D eigenvalue weighted by atomic mass is 10.1. The lowest BCUT2D eigenvalue weighted by Gasteiger charge is -2.11. The second kappa shape index (κ2) is 4.50. The van der Waals surface area contributed by atoms with Crippen LogP contribution in [0.5, 0.6) is 5.75 Å². The highest BCUT2D eigenvalue weighted by Crippen LogP contribution is 2.29. The fourth-order valence-electron chi connectivity index (χ4n) is 1.55. The van der Waals surface area contributed by atoms with Gasteiger partial charge in [-0.15, -0.1) is 0 Å². The molecule has 0 aromatic heterocycles. The highest BCUT2D eigenvalue weighted by Gasteiger charge is 2.22. The molecule has 1 aromatic rings. The normalized spacial score (nSPS) is 16.8. The van der Waals surface area contributed by atoms with Gasteiger partial charge in [0.15, 0.2) is 11.6 Å². The summed E-state index contributed by atoms with van der Waals surface area (Å²) in [5, 5.41) is 21.1. The van der Waals surface area contributed by atoms with E-state index in [2.05, 4.69) is 11.4 Å². The highest BCUT2D eigenvalue weighted by molar-refractivity contribution is 5.32. The monoisotopic (exact) mass is 220 g/mol. The number of phenolic OH excluding ortho intramolecular Hbond substituents is 1. The van der Waals surface area contributed by atoms with Crippen molar-refractivity contribution in [3.05, 3.63) is 29.6 Å². The summed E-state index contributed by atoms with van der Waals surface area (Å²) >= 11 is 0. The molecule has 1 atom stereocenters. The average molecular weight is 220 g/mol. The molecule has 4 heteroatoms. The molecule has 0 radical (unpaired) electrons. The molecule has 2 rings (SSSR count). The van der Waals surface area contributed by atoms with Crippen molar-refractivity contribution in [1.29, 1.82) is 5.26 Å². The molecule has 0 spiro atoms. The van der Waals surface area contributed by atoms with Gasteiger partial charge in [0.05, 0.1) is 6.07 Å². The van der Waals surface area contributed by atoms with Crippen LogP contribution >= 0.6 is 0 Å². The summed E-state index contributed by atoms with van der Waals surface area (Å²) in [6.07, 6.45) is 2.41. The number of benzene rings is 1. The number of phenols is 1. The van der Waals surface area contributed by atoms with Crippen molar-refractivity contribution in [3.63, 3.8) is 0 Å². The molecule has 1 aliphatic carbocycles. The van der Waals surface area contributed by atoms with E-state index in [4.69, 9.17) is 10.4 Å². The van der Waals surface area contributed by atoms with Crippen LogP contribution in [0.1, 0.15) is 24.4 Å². The van der Waals surface area contributed by atoms with Gasteiger partial charge in [-0.3, -0.25) is 5.32 Å². The first-order valence-electron chi connectivity index (χ1n) is 5.32. The van der Waals surface area contributed by atoms with Crippen LogP contribution in [0.25, 0.3) is 0 Å². The van der Waals surface area contributed by atoms with Gasteiger partial charge in [0.2, 0.25) is 0 Å². The van der Waals surface area contributed by atoms with E-state index < -0.39 is 11.9 Å². The number of nitrogens with zero attached hydrogens (tertiary/aromatic N) is 1. The van der Waals surface area contributed by atoms with E-state index in [1.54, 1.807) is 6.07 Å². The molecule has 3 nitrogen and oxygen atoms in total. The van der Waals surface area contributed by atoms with E-state index in [-0.39, 0.29) is 5.75 Å². The fraction of sp³-hybridized carbons (Fsp3) is 0.417. The molecular weight excluding hydrogens is 207 g/mol. The smallest absolute Gasteiger partial charge is 0.165 e. The van der Waals surface area contributed by atoms with Crippen molar-refractivity contribution in [2.45, 2.75) is 18.9 Å². The van der Waals surface area contributed by atoms with Crippen molar-refractivity contribution in [3.8, 4) is 11.8 Å². The van der Waals surface area contributed by atoms with E-state index in [1.807, 2.05) is 0 Å². The number of hydrogen-bond donors (Lipinski definition) is 2. The fourth-order valence-corrected chi connectivity index (χ4v) is 1.55. The van der Waals surface area contributed by atoms with Gasteiger partial charge in [-0.05, 0) is 43.0 Å². The van der Waals surface area contributed by atoms with Gasteiger partial charge in [0.25, 0.3) is 0 Å². The number of halogens is 1. The molecule has 0 amide bonds. The Morgan fingerprint density at radius 1 is 1.56 bits per heavy atom.